The van der Waals surface area contributed by atoms with Gasteiger partial charge in [0.05, 0.1) is 4.90 Å². The Morgan fingerprint density at radius 1 is 1.24 bits per heavy atom. The van der Waals surface area contributed by atoms with E-state index >= 15 is 0 Å². The van der Waals surface area contributed by atoms with Crippen LogP contribution in [0.25, 0.3) is 0 Å². The molecule has 0 aromatic heterocycles. The zero-order valence-electron chi connectivity index (χ0n) is 9.25. The van der Waals surface area contributed by atoms with Crippen molar-refractivity contribution in [3.63, 3.8) is 0 Å². The Morgan fingerprint density at radius 2 is 1.76 bits per heavy atom. The summed E-state index contributed by atoms with van der Waals surface area (Å²) >= 11 is -2.33. The smallest absolute Gasteiger partial charge is 0.768 e. The third kappa shape index (κ3) is 4.13. The molecule has 0 heterocycles. The standard InChI is InChI=1S/C9H11NO4S2.Na/c11-15(12)8-3-5-9(6-4-8)16(13,14)10-7-1-2-7;/h3-7,10H,1-2H2,(H,11,12);/q;+1/p-1. The Labute approximate surface area is 125 Å². The molecule has 0 saturated heterocycles. The van der Waals surface area contributed by atoms with E-state index in [0.29, 0.717) is 0 Å². The first-order valence-corrected chi connectivity index (χ1v) is 7.26. The summed E-state index contributed by atoms with van der Waals surface area (Å²) in [4.78, 5) is 0.166. The van der Waals surface area contributed by atoms with Gasteiger partial charge >= 0.3 is 29.6 Å². The van der Waals surface area contributed by atoms with Gasteiger partial charge in [0.1, 0.15) is 0 Å². The van der Waals surface area contributed by atoms with Gasteiger partial charge in [-0.3, -0.25) is 4.21 Å². The molecule has 2 rings (SSSR count). The van der Waals surface area contributed by atoms with Gasteiger partial charge in [-0.2, -0.15) is 0 Å². The molecule has 17 heavy (non-hydrogen) atoms. The molecule has 1 aromatic carbocycles. The Bertz CT molecular complexity index is 510. The fourth-order valence-corrected chi connectivity index (χ4v) is 2.88. The van der Waals surface area contributed by atoms with Crippen LogP contribution in [0.4, 0.5) is 0 Å². The summed E-state index contributed by atoms with van der Waals surface area (Å²) in [6.45, 7) is 0. The van der Waals surface area contributed by atoms with Crippen LogP contribution in [-0.4, -0.2) is 23.2 Å². The van der Waals surface area contributed by atoms with E-state index in [2.05, 4.69) is 4.72 Å². The molecular formula is C9H10NNaO4S2. The van der Waals surface area contributed by atoms with E-state index in [-0.39, 0.29) is 45.4 Å². The van der Waals surface area contributed by atoms with E-state index in [4.69, 9.17) is 0 Å². The van der Waals surface area contributed by atoms with Crippen LogP contribution < -0.4 is 34.3 Å². The van der Waals surface area contributed by atoms with Gasteiger partial charge in [-0.05, 0) is 48.2 Å². The minimum Gasteiger partial charge on any atom is -0.768 e. The van der Waals surface area contributed by atoms with Crippen LogP contribution in [0, 0.1) is 0 Å². The first-order chi connectivity index (χ1) is 7.49. The third-order valence-electron chi connectivity index (χ3n) is 2.23. The van der Waals surface area contributed by atoms with E-state index in [9.17, 15) is 17.2 Å². The third-order valence-corrected chi connectivity index (χ3v) is 4.42. The van der Waals surface area contributed by atoms with Crippen LogP contribution in [0.5, 0.6) is 0 Å². The van der Waals surface area contributed by atoms with Gasteiger partial charge in [-0.15, -0.1) is 0 Å². The zero-order chi connectivity index (χ0) is 11.8. The molecule has 0 radical (unpaired) electrons. The van der Waals surface area contributed by atoms with Crippen LogP contribution in [0.1, 0.15) is 12.8 Å². The molecule has 0 amide bonds. The van der Waals surface area contributed by atoms with Crippen LogP contribution in [0.2, 0.25) is 0 Å². The Balaban J connectivity index is 0.00000144. The number of nitrogens with one attached hydrogen (secondary N) is 1. The topological polar surface area (TPSA) is 86.3 Å². The second kappa shape index (κ2) is 5.92. The average molecular weight is 283 g/mol. The molecular weight excluding hydrogens is 273 g/mol. The molecule has 1 unspecified atom stereocenters. The molecule has 1 fully saturated rings. The SMILES string of the molecule is O=S([O-])c1ccc(S(=O)(=O)NC2CC2)cc1.[Na+]. The van der Waals surface area contributed by atoms with E-state index in [1.165, 1.54) is 24.3 Å². The van der Waals surface area contributed by atoms with Crippen molar-refractivity contribution in [1.29, 1.82) is 0 Å². The maximum atomic E-state index is 11.7. The Hall–Kier alpha value is 0.240. The summed E-state index contributed by atoms with van der Waals surface area (Å²) in [5, 5.41) is 0. The number of hydrogen-bond donors (Lipinski definition) is 1. The summed E-state index contributed by atoms with van der Waals surface area (Å²) in [7, 11) is -3.49. The minimum absolute atomic E-state index is 0. The van der Waals surface area contributed by atoms with Crippen molar-refractivity contribution in [3.05, 3.63) is 24.3 Å². The van der Waals surface area contributed by atoms with E-state index in [1.54, 1.807) is 0 Å². The van der Waals surface area contributed by atoms with Crippen LogP contribution in [0.15, 0.2) is 34.1 Å². The normalized spacial score (nSPS) is 17.2. The van der Waals surface area contributed by atoms with Crippen molar-refractivity contribution in [3.8, 4) is 0 Å². The predicted molar refractivity (Wildman–Crippen MR) is 57.0 cm³/mol. The predicted octanol–water partition coefficient (Wildman–Crippen LogP) is -2.63. The quantitative estimate of drug-likeness (QED) is 0.484. The molecule has 1 aliphatic rings. The van der Waals surface area contributed by atoms with Gasteiger partial charge in [-0.1, -0.05) is 0 Å². The molecule has 1 aliphatic carbocycles. The molecule has 8 heteroatoms. The fourth-order valence-electron chi connectivity index (χ4n) is 1.22. The molecule has 0 spiro atoms. The van der Waals surface area contributed by atoms with Gasteiger partial charge in [0.2, 0.25) is 10.0 Å². The number of hydrogen-bond acceptors (Lipinski definition) is 4. The largest absolute Gasteiger partial charge is 1.00 e. The fraction of sp³-hybridized carbons (Fsp3) is 0.333. The Kier molecular flexibility index (Phi) is 5.33. The van der Waals surface area contributed by atoms with Gasteiger partial charge in [-0.25, -0.2) is 13.1 Å². The first-order valence-electron chi connectivity index (χ1n) is 4.71. The molecule has 1 saturated carbocycles. The first kappa shape index (κ1) is 15.3. The average Bonchev–Trinajstić information content (AvgIpc) is 3.01. The molecule has 1 aromatic rings. The van der Waals surface area contributed by atoms with Crippen LogP contribution in [0.3, 0.4) is 0 Å². The van der Waals surface area contributed by atoms with E-state index in [1.807, 2.05) is 0 Å². The summed E-state index contributed by atoms with van der Waals surface area (Å²) in [5.41, 5.74) is 0. The van der Waals surface area contributed by atoms with Crippen molar-refractivity contribution >= 4 is 21.1 Å². The van der Waals surface area contributed by atoms with E-state index < -0.39 is 21.1 Å². The van der Waals surface area contributed by atoms with Crippen LogP contribution >= 0.6 is 0 Å². The number of sulfonamides is 1. The van der Waals surface area contributed by atoms with Crippen molar-refractivity contribution < 1.29 is 46.7 Å². The molecule has 0 aliphatic heterocycles. The Morgan fingerprint density at radius 3 is 2.18 bits per heavy atom. The maximum Gasteiger partial charge on any atom is 1.00 e. The molecule has 1 atom stereocenters. The number of benzene rings is 1. The minimum atomic E-state index is -3.49. The molecule has 88 valence electrons. The van der Waals surface area contributed by atoms with Crippen molar-refractivity contribution in [2.45, 2.75) is 28.7 Å². The summed E-state index contributed by atoms with van der Waals surface area (Å²) in [6, 6.07) is 5.15. The van der Waals surface area contributed by atoms with Gasteiger partial charge in [0, 0.05) is 10.9 Å². The zero-order valence-corrected chi connectivity index (χ0v) is 12.9. The van der Waals surface area contributed by atoms with Crippen molar-refractivity contribution in [2.24, 2.45) is 0 Å². The van der Waals surface area contributed by atoms with Gasteiger partial charge in [0.25, 0.3) is 0 Å². The van der Waals surface area contributed by atoms with Crippen molar-refractivity contribution in [1.82, 2.24) is 4.72 Å². The molecule has 5 nitrogen and oxygen atoms in total. The van der Waals surface area contributed by atoms with Crippen molar-refractivity contribution in [2.75, 3.05) is 0 Å². The summed E-state index contributed by atoms with van der Waals surface area (Å²) < 4.78 is 47.1. The van der Waals surface area contributed by atoms with Gasteiger partial charge in [0.15, 0.2) is 0 Å². The molecule has 0 bridgehead atoms. The summed E-state index contributed by atoms with van der Waals surface area (Å²) in [6.07, 6.45) is 1.73. The monoisotopic (exact) mass is 283 g/mol. The summed E-state index contributed by atoms with van der Waals surface area (Å²) in [5.74, 6) is 0. The number of rotatable bonds is 4. The van der Waals surface area contributed by atoms with Crippen LogP contribution in [-0.2, 0) is 21.1 Å². The second-order valence-electron chi connectivity index (χ2n) is 3.60. The van der Waals surface area contributed by atoms with Gasteiger partial charge < -0.3 is 4.55 Å². The molecule has 1 N–H and O–H groups in total. The van der Waals surface area contributed by atoms with E-state index in [0.717, 1.165) is 12.8 Å². The second-order valence-corrected chi connectivity index (χ2v) is 6.26. The maximum absolute atomic E-state index is 11.7.